The molecule has 0 amide bonds. The molecule has 608 valence electrons. The molecule has 0 N–H and O–H groups in total. The highest BCUT2D eigenvalue weighted by atomic mass is 15.0. The van der Waals surface area contributed by atoms with E-state index in [4.69, 9.17) is 0 Å². The molecular formula is C99H137N15. The molecule has 0 saturated heterocycles. The molecule has 0 bridgehead atoms. The SMILES string of the molecule is CC.CC.CC.CC.CC.CC.CC.CC.CC.CC.Cc1cc2ccccc2cn1.Cc1ccc2ccccc2n1.Cc1ccnc2ccccc12.Cc1ccncn1.Cc1cnc2ccccc2c1.Cc1cncc2ccccc12.Cc1cnccn1.Cc1cncnc1.Cc1nccc2ccccc12.Cc1ncncn1. The van der Waals surface area contributed by atoms with Crippen molar-refractivity contribution in [3.8, 4) is 0 Å². The molecule has 0 aliphatic carbocycles. The Kier molecular flexibility index (Phi) is 71.4. The maximum Gasteiger partial charge on any atom is 0.128 e. The van der Waals surface area contributed by atoms with Crippen LogP contribution in [0.1, 0.15) is 195 Å². The van der Waals surface area contributed by atoms with Crippen LogP contribution in [0.2, 0.25) is 0 Å². The number of benzene rings is 6. The van der Waals surface area contributed by atoms with E-state index in [1.807, 2.05) is 333 Å². The van der Waals surface area contributed by atoms with Gasteiger partial charge in [0.15, 0.2) is 0 Å². The number of hydrogen-bond acceptors (Lipinski definition) is 15. The van der Waals surface area contributed by atoms with E-state index in [9.17, 15) is 0 Å². The van der Waals surface area contributed by atoms with Gasteiger partial charge in [-0.25, -0.2) is 34.9 Å². The number of hydrogen-bond donors (Lipinski definition) is 0. The highest BCUT2D eigenvalue weighted by molar-refractivity contribution is 5.86. The lowest BCUT2D eigenvalue weighted by Gasteiger charge is -1.98. The van der Waals surface area contributed by atoms with Crippen molar-refractivity contribution in [3.05, 3.63) is 344 Å². The summed E-state index contributed by atoms with van der Waals surface area (Å²) in [6.45, 7) is 59.9. The first-order valence-electron chi connectivity index (χ1n) is 40.4. The van der Waals surface area contributed by atoms with Gasteiger partial charge in [-0.1, -0.05) is 272 Å². The van der Waals surface area contributed by atoms with Gasteiger partial charge in [-0.15, -0.1) is 0 Å². The molecule has 16 rings (SSSR count). The summed E-state index contributed by atoms with van der Waals surface area (Å²) in [7, 11) is 0. The van der Waals surface area contributed by atoms with Crippen LogP contribution in [-0.2, 0) is 0 Å². The van der Waals surface area contributed by atoms with Gasteiger partial charge in [0.25, 0.3) is 0 Å². The first kappa shape index (κ1) is 108. The molecule has 0 fully saturated rings. The third-order valence-corrected chi connectivity index (χ3v) is 13.6. The van der Waals surface area contributed by atoms with Crippen LogP contribution in [0, 0.1) is 69.2 Å². The van der Waals surface area contributed by atoms with Crippen molar-refractivity contribution in [1.82, 2.24) is 74.8 Å². The number of para-hydroxylation sites is 3. The van der Waals surface area contributed by atoms with Gasteiger partial charge in [-0.2, -0.15) is 0 Å². The molecule has 15 nitrogen and oxygen atoms in total. The number of aromatic nitrogens is 15. The fraction of sp³-hybridized carbons (Fsp3) is 0.303. The second-order valence-corrected chi connectivity index (χ2v) is 21.3. The van der Waals surface area contributed by atoms with Gasteiger partial charge in [0.2, 0.25) is 0 Å². The third-order valence-electron chi connectivity index (χ3n) is 13.6. The van der Waals surface area contributed by atoms with E-state index in [0.717, 1.165) is 56.4 Å². The van der Waals surface area contributed by atoms with E-state index in [2.05, 4.69) is 174 Å². The Bertz CT molecular complexity index is 4270. The predicted molar refractivity (Wildman–Crippen MR) is 497 cm³/mol. The summed E-state index contributed by atoms with van der Waals surface area (Å²) in [5.41, 5.74) is 13.3. The van der Waals surface area contributed by atoms with E-state index < -0.39 is 0 Å². The fourth-order valence-electron chi connectivity index (χ4n) is 8.72. The van der Waals surface area contributed by atoms with Crippen LogP contribution >= 0.6 is 0 Å². The van der Waals surface area contributed by atoms with Gasteiger partial charge in [0.1, 0.15) is 31.1 Å². The topological polar surface area (TPSA) is 193 Å². The van der Waals surface area contributed by atoms with Crippen LogP contribution in [-0.4, -0.2) is 74.8 Å². The maximum atomic E-state index is 4.38. The highest BCUT2D eigenvalue weighted by Crippen LogP contribution is 2.18. The van der Waals surface area contributed by atoms with Gasteiger partial charge in [-0.3, -0.25) is 39.9 Å². The van der Waals surface area contributed by atoms with Crippen molar-refractivity contribution in [2.45, 2.75) is 208 Å². The fourth-order valence-corrected chi connectivity index (χ4v) is 8.72. The standard InChI is InChI=1S/6C10H9N.3C5H6N2.C4H5N3.10C2H6/c1-8-6-11-7-9-4-2-3-5-10(8)9;1-8-6-9-4-2-3-5-10(9)7-11-8;1-8-6-9-4-2-3-5-10(9)11-7-8;1-8-10-5-3-2-4-9(10)6-7-11-8;1-8-6-7-11-10-5-3-2-4-9(8)10;1-8-6-7-9-4-2-3-5-10(9)11-8;1-5-2-6-4-7-3-5;1-5-4-6-2-3-7-5;1-5-2-3-6-4-7-5;1-4-6-2-5-3-7-4;10*1-2/h6*2-7H,1H3;3*2-4H,1H3;2-3H,1H3;10*1-2H3. The largest absolute Gasteiger partial charge is 0.264 e. The number of rotatable bonds is 0. The molecule has 10 aromatic heterocycles. The first-order chi connectivity index (χ1) is 55.8. The molecule has 114 heavy (non-hydrogen) atoms. The average Bonchev–Trinajstić information content (AvgIpc) is 0.865. The van der Waals surface area contributed by atoms with Crippen molar-refractivity contribution in [2.75, 3.05) is 0 Å². The van der Waals surface area contributed by atoms with Gasteiger partial charge in [0.05, 0.1) is 22.2 Å². The van der Waals surface area contributed by atoms with E-state index in [1.54, 1.807) is 37.2 Å². The Labute approximate surface area is 687 Å². The van der Waals surface area contributed by atoms with Crippen molar-refractivity contribution < 1.29 is 0 Å². The van der Waals surface area contributed by atoms with Crippen molar-refractivity contribution >= 4 is 65.0 Å². The molecule has 0 aliphatic rings. The zero-order valence-electron chi connectivity index (χ0n) is 74.8. The minimum absolute atomic E-state index is 0.759. The lowest BCUT2D eigenvalue weighted by Crippen LogP contribution is -1.84. The molecule has 16 aromatic rings. The second kappa shape index (κ2) is 75.1. The summed E-state index contributed by atoms with van der Waals surface area (Å²) in [5.74, 6) is 0.759. The highest BCUT2D eigenvalue weighted by Gasteiger charge is 1.98. The van der Waals surface area contributed by atoms with E-state index in [-0.39, 0.29) is 0 Å². The van der Waals surface area contributed by atoms with Crippen LogP contribution in [0.5, 0.6) is 0 Å². The number of aryl methyl sites for hydroxylation is 10. The second-order valence-electron chi connectivity index (χ2n) is 21.3. The smallest absolute Gasteiger partial charge is 0.128 e. The lowest BCUT2D eigenvalue weighted by molar-refractivity contribution is 0.974. The molecule has 0 aliphatic heterocycles. The molecule has 0 atom stereocenters. The van der Waals surface area contributed by atoms with Crippen LogP contribution in [0.15, 0.2) is 288 Å². The van der Waals surface area contributed by atoms with Crippen LogP contribution in [0.25, 0.3) is 65.0 Å². The zero-order valence-corrected chi connectivity index (χ0v) is 74.8. The summed E-state index contributed by atoms with van der Waals surface area (Å²) in [5, 5.41) is 11.2. The Balaban J connectivity index is -0.000000577. The monoisotopic (exact) mass is 1540 g/mol. The number of fused-ring (bicyclic) bond motifs is 6. The van der Waals surface area contributed by atoms with Gasteiger partial charge in [0, 0.05) is 129 Å². The lowest BCUT2D eigenvalue weighted by atomic mass is 10.1. The molecule has 15 heteroatoms. The Morgan fingerprint density at radius 1 is 0.202 bits per heavy atom. The van der Waals surface area contributed by atoms with Crippen molar-refractivity contribution in [2.24, 2.45) is 0 Å². The molecule has 0 saturated carbocycles. The Hall–Kier alpha value is -12.0. The summed E-state index contributed by atoms with van der Waals surface area (Å²) < 4.78 is 0. The van der Waals surface area contributed by atoms with Crippen molar-refractivity contribution in [3.63, 3.8) is 0 Å². The summed E-state index contributed by atoms with van der Waals surface area (Å²) in [4.78, 5) is 59.4. The normalized spacial score (nSPS) is 8.61. The third kappa shape index (κ3) is 48.0. The number of nitrogens with zero attached hydrogens (tertiary/aromatic N) is 15. The van der Waals surface area contributed by atoms with Crippen LogP contribution in [0.3, 0.4) is 0 Å². The average molecular weight is 1540 g/mol. The Morgan fingerprint density at radius 2 is 0.711 bits per heavy atom. The summed E-state index contributed by atoms with van der Waals surface area (Å²) in [6, 6.07) is 63.5. The first-order valence-corrected chi connectivity index (χ1v) is 40.4. The van der Waals surface area contributed by atoms with Crippen LogP contribution in [0.4, 0.5) is 0 Å². The minimum Gasteiger partial charge on any atom is -0.264 e. The summed E-state index contributed by atoms with van der Waals surface area (Å²) in [6.07, 6.45) is 27.6. The molecule has 0 spiro atoms. The molecule has 0 radical (unpaired) electrons. The summed E-state index contributed by atoms with van der Waals surface area (Å²) >= 11 is 0. The maximum absolute atomic E-state index is 4.38. The molecule has 0 unspecified atom stereocenters. The van der Waals surface area contributed by atoms with Crippen molar-refractivity contribution in [1.29, 1.82) is 0 Å². The van der Waals surface area contributed by atoms with Gasteiger partial charge >= 0.3 is 0 Å². The van der Waals surface area contributed by atoms with Crippen LogP contribution < -0.4 is 0 Å². The number of pyridine rings is 6. The van der Waals surface area contributed by atoms with Gasteiger partial charge < -0.3 is 0 Å². The minimum atomic E-state index is 0.759. The van der Waals surface area contributed by atoms with E-state index in [0.29, 0.717) is 0 Å². The molecular weight excluding hydrogens is 1400 g/mol. The molecule has 10 heterocycles. The quantitative estimate of drug-likeness (QED) is 0.139. The predicted octanol–water partition coefficient (Wildman–Crippen LogP) is 28.1. The zero-order chi connectivity index (χ0) is 86.5. The van der Waals surface area contributed by atoms with E-state index in [1.165, 1.54) is 90.5 Å². The Morgan fingerprint density at radius 3 is 1.20 bits per heavy atom. The van der Waals surface area contributed by atoms with E-state index >= 15 is 0 Å². The molecule has 6 aromatic carbocycles. The van der Waals surface area contributed by atoms with Gasteiger partial charge in [-0.05, 0) is 162 Å².